The van der Waals surface area contributed by atoms with Crippen LogP contribution in [-0.2, 0) is 9.47 Å². The fourth-order valence-electron chi connectivity index (χ4n) is 3.67. The highest BCUT2D eigenvalue weighted by Gasteiger charge is 2.19. The SMILES string of the molecule is CCOC(=O)Nc1cccc(-c2ccc(F)cc2)c1-c1ccc2occ(C(=O)OCC)c2c1. The predicted octanol–water partition coefficient (Wildman–Crippen LogP) is 6.65. The highest BCUT2D eigenvalue weighted by Crippen LogP contribution is 2.40. The van der Waals surface area contributed by atoms with E-state index in [0.717, 1.165) is 16.7 Å². The second-order valence-corrected chi connectivity index (χ2v) is 7.16. The predicted molar refractivity (Wildman–Crippen MR) is 124 cm³/mol. The molecule has 0 radical (unpaired) electrons. The Hall–Kier alpha value is -4.13. The molecular formula is C26H22FNO5. The number of carbonyl (C=O) groups is 2. The van der Waals surface area contributed by atoms with Gasteiger partial charge in [-0.3, -0.25) is 5.32 Å². The molecule has 0 aliphatic heterocycles. The molecule has 7 heteroatoms. The van der Waals surface area contributed by atoms with Crippen molar-refractivity contribution in [2.45, 2.75) is 13.8 Å². The first kappa shape index (κ1) is 22.1. The maximum absolute atomic E-state index is 13.6. The van der Waals surface area contributed by atoms with Gasteiger partial charge in [-0.1, -0.05) is 30.3 Å². The Morgan fingerprint density at radius 1 is 0.939 bits per heavy atom. The minimum absolute atomic E-state index is 0.225. The van der Waals surface area contributed by atoms with Crippen LogP contribution in [0, 0.1) is 5.82 Å². The van der Waals surface area contributed by atoms with Gasteiger partial charge in [0.2, 0.25) is 0 Å². The summed E-state index contributed by atoms with van der Waals surface area (Å²) in [6.45, 7) is 3.92. The minimum atomic E-state index is -0.591. The number of hydrogen-bond acceptors (Lipinski definition) is 5. The van der Waals surface area contributed by atoms with Crippen molar-refractivity contribution >= 4 is 28.7 Å². The van der Waals surface area contributed by atoms with E-state index in [9.17, 15) is 14.0 Å². The van der Waals surface area contributed by atoms with Crippen molar-refractivity contribution < 1.29 is 27.9 Å². The van der Waals surface area contributed by atoms with E-state index in [1.807, 2.05) is 18.2 Å². The monoisotopic (exact) mass is 447 g/mol. The van der Waals surface area contributed by atoms with Crippen LogP contribution in [0.4, 0.5) is 14.9 Å². The Morgan fingerprint density at radius 2 is 1.67 bits per heavy atom. The number of hydrogen-bond donors (Lipinski definition) is 1. The third kappa shape index (κ3) is 4.57. The second-order valence-electron chi connectivity index (χ2n) is 7.16. The molecule has 1 heterocycles. The lowest BCUT2D eigenvalue weighted by Crippen LogP contribution is -2.14. The van der Waals surface area contributed by atoms with E-state index in [1.54, 1.807) is 44.2 Å². The number of carbonyl (C=O) groups excluding carboxylic acids is 2. The first-order valence-corrected chi connectivity index (χ1v) is 10.5. The van der Waals surface area contributed by atoms with Crippen LogP contribution in [0.1, 0.15) is 24.2 Å². The highest BCUT2D eigenvalue weighted by atomic mass is 19.1. The smallest absolute Gasteiger partial charge is 0.411 e. The van der Waals surface area contributed by atoms with Gasteiger partial charge < -0.3 is 13.9 Å². The van der Waals surface area contributed by atoms with E-state index >= 15 is 0 Å². The molecule has 0 aliphatic carbocycles. The summed E-state index contributed by atoms with van der Waals surface area (Å²) in [5.41, 5.74) is 4.29. The Bertz CT molecular complexity index is 1310. The lowest BCUT2D eigenvalue weighted by atomic mass is 9.92. The number of benzene rings is 3. The van der Waals surface area contributed by atoms with Crippen molar-refractivity contribution in [2.75, 3.05) is 18.5 Å². The number of anilines is 1. The number of amides is 1. The average Bonchev–Trinajstić information content (AvgIpc) is 3.23. The molecule has 0 spiro atoms. The van der Waals surface area contributed by atoms with Crippen LogP contribution >= 0.6 is 0 Å². The van der Waals surface area contributed by atoms with Gasteiger partial charge >= 0.3 is 12.1 Å². The largest absolute Gasteiger partial charge is 0.463 e. The summed E-state index contributed by atoms with van der Waals surface area (Å²) in [5.74, 6) is -0.829. The van der Waals surface area contributed by atoms with Gasteiger partial charge in [-0.2, -0.15) is 0 Å². The molecule has 1 aromatic heterocycles. The molecule has 4 aromatic rings. The fraction of sp³-hybridized carbons (Fsp3) is 0.154. The van der Waals surface area contributed by atoms with Crippen molar-refractivity contribution in [1.82, 2.24) is 0 Å². The molecule has 1 amide bonds. The summed E-state index contributed by atoms with van der Waals surface area (Å²) in [6, 6.07) is 16.9. The number of ether oxygens (including phenoxy) is 2. The third-order valence-electron chi connectivity index (χ3n) is 5.09. The molecule has 0 atom stereocenters. The van der Waals surface area contributed by atoms with Crippen molar-refractivity contribution in [3.63, 3.8) is 0 Å². The molecule has 0 saturated heterocycles. The quantitative estimate of drug-likeness (QED) is 0.335. The molecular weight excluding hydrogens is 425 g/mol. The second kappa shape index (κ2) is 9.56. The normalized spacial score (nSPS) is 10.8. The van der Waals surface area contributed by atoms with Crippen LogP contribution in [0.2, 0.25) is 0 Å². The van der Waals surface area contributed by atoms with Crippen LogP contribution in [-0.4, -0.2) is 25.3 Å². The van der Waals surface area contributed by atoms with Gasteiger partial charge in [0, 0.05) is 10.9 Å². The summed E-state index contributed by atoms with van der Waals surface area (Å²) in [6.07, 6.45) is 0.780. The average molecular weight is 447 g/mol. The Labute approximate surface area is 189 Å². The van der Waals surface area contributed by atoms with Gasteiger partial charge in [0.15, 0.2) is 0 Å². The standard InChI is InChI=1S/C26H22FNO5/c1-3-31-25(29)21-15-33-23-13-10-17(14-20(21)23)24-19(16-8-11-18(27)12-9-16)6-5-7-22(24)28-26(30)32-4-2/h5-15H,3-4H2,1-2H3,(H,28,30). The van der Waals surface area contributed by atoms with Crippen LogP contribution < -0.4 is 5.32 Å². The summed E-state index contributed by atoms with van der Waals surface area (Å²) in [7, 11) is 0. The van der Waals surface area contributed by atoms with Gasteiger partial charge in [-0.15, -0.1) is 0 Å². The molecule has 4 rings (SSSR count). The van der Waals surface area contributed by atoms with Crippen molar-refractivity contribution in [2.24, 2.45) is 0 Å². The first-order valence-electron chi connectivity index (χ1n) is 10.5. The number of fused-ring (bicyclic) bond motifs is 1. The van der Waals surface area contributed by atoms with Gasteiger partial charge in [0.25, 0.3) is 0 Å². The van der Waals surface area contributed by atoms with Gasteiger partial charge in [-0.25, -0.2) is 14.0 Å². The zero-order valence-corrected chi connectivity index (χ0v) is 18.2. The highest BCUT2D eigenvalue weighted by molar-refractivity contribution is 6.06. The lowest BCUT2D eigenvalue weighted by molar-refractivity contribution is 0.0527. The van der Waals surface area contributed by atoms with Gasteiger partial charge in [0.1, 0.15) is 23.2 Å². The molecule has 33 heavy (non-hydrogen) atoms. The Morgan fingerprint density at radius 3 is 2.39 bits per heavy atom. The Kier molecular flexibility index (Phi) is 6.40. The number of halogens is 1. The number of rotatable bonds is 6. The molecule has 168 valence electrons. The van der Waals surface area contributed by atoms with Crippen LogP contribution in [0.5, 0.6) is 0 Å². The van der Waals surface area contributed by atoms with Crippen LogP contribution in [0.15, 0.2) is 71.3 Å². The number of esters is 1. The number of nitrogens with one attached hydrogen (secondary N) is 1. The van der Waals surface area contributed by atoms with Crippen LogP contribution in [0.25, 0.3) is 33.2 Å². The van der Waals surface area contributed by atoms with E-state index in [2.05, 4.69) is 5.32 Å². The summed E-state index contributed by atoms with van der Waals surface area (Å²) in [5, 5.41) is 3.37. The topological polar surface area (TPSA) is 77.8 Å². The molecule has 1 N–H and O–H groups in total. The molecule has 0 fully saturated rings. The van der Waals surface area contributed by atoms with Crippen LogP contribution in [0.3, 0.4) is 0 Å². The zero-order valence-electron chi connectivity index (χ0n) is 18.2. The van der Waals surface area contributed by atoms with E-state index < -0.39 is 12.1 Å². The molecule has 6 nitrogen and oxygen atoms in total. The molecule has 0 aliphatic rings. The zero-order chi connectivity index (χ0) is 23.4. The third-order valence-corrected chi connectivity index (χ3v) is 5.09. The number of furan rings is 1. The summed E-state index contributed by atoms with van der Waals surface area (Å²) in [4.78, 5) is 24.6. The summed E-state index contributed by atoms with van der Waals surface area (Å²) < 4.78 is 29.3. The van der Waals surface area contributed by atoms with E-state index in [-0.39, 0.29) is 19.0 Å². The molecule has 0 unspecified atom stereocenters. The molecule has 0 saturated carbocycles. The summed E-state index contributed by atoms with van der Waals surface area (Å²) >= 11 is 0. The maximum atomic E-state index is 13.6. The van der Waals surface area contributed by atoms with E-state index in [1.165, 1.54) is 18.4 Å². The van der Waals surface area contributed by atoms with Gasteiger partial charge in [-0.05, 0) is 60.9 Å². The van der Waals surface area contributed by atoms with Crippen molar-refractivity contribution in [1.29, 1.82) is 0 Å². The van der Waals surface area contributed by atoms with E-state index in [4.69, 9.17) is 13.9 Å². The molecule has 3 aromatic carbocycles. The minimum Gasteiger partial charge on any atom is -0.463 e. The first-order chi connectivity index (χ1) is 16.0. The fourth-order valence-corrected chi connectivity index (χ4v) is 3.67. The van der Waals surface area contributed by atoms with Gasteiger partial charge in [0.05, 0.1) is 18.9 Å². The van der Waals surface area contributed by atoms with Crippen molar-refractivity contribution in [3.8, 4) is 22.3 Å². The lowest BCUT2D eigenvalue weighted by Gasteiger charge is -2.16. The molecule has 0 bridgehead atoms. The van der Waals surface area contributed by atoms with Crippen molar-refractivity contribution in [3.05, 3.63) is 78.3 Å². The van der Waals surface area contributed by atoms with E-state index in [0.29, 0.717) is 27.8 Å². The Balaban J connectivity index is 1.91. The maximum Gasteiger partial charge on any atom is 0.411 e.